The molecule has 2 saturated heterocycles. The van der Waals surface area contributed by atoms with Crippen LogP contribution >= 0.6 is 0 Å². The third-order valence-corrected chi connectivity index (χ3v) is 8.54. The lowest BCUT2D eigenvalue weighted by Crippen LogP contribution is -2.37. The van der Waals surface area contributed by atoms with Crippen molar-refractivity contribution in [2.45, 2.75) is 25.3 Å². The molecule has 3 aromatic heterocycles. The summed E-state index contributed by atoms with van der Waals surface area (Å²) < 4.78 is 11.6. The van der Waals surface area contributed by atoms with Gasteiger partial charge in [-0.2, -0.15) is 0 Å². The Bertz CT molecular complexity index is 1760. The molecular weight excluding hydrogens is 582 g/mol. The number of morpholine rings is 1. The Morgan fingerprint density at radius 3 is 2.35 bits per heavy atom. The quantitative estimate of drug-likeness (QED) is 0.202. The Labute approximate surface area is 267 Å². The minimum Gasteiger partial charge on any atom is -0.378 e. The molecule has 236 valence electrons. The van der Waals surface area contributed by atoms with Gasteiger partial charge in [0.05, 0.1) is 25.1 Å². The molecule has 12 nitrogen and oxygen atoms in total. The summed E-state index contributed by atoms with van der Waals surface area (Å²) in [5.41, 5.74) is 5.70. The molecule has 0 spiro atoms. The van der Waals surface area contributed by atoms with Crippen LogP contribution in [0, 0.1) is 0 Å². The fourth-order valence-corrected chi connectivity index (χ4v) is 6.04. The Morgan fingerprint density at radius 1 is 0.891 bits per heavy atom. The van der Waals surface area contributed by atoms with Crippen LogP contribution in [0.4, 0.5) is 27.8 Å². The fourth-order valence-electron chi connectivity index (χ4n) is 6.04. The molecule has 2 aromatic carbocycles. The van der Waals surface area contributed by atoms with Crippen molar-refractivity contribution in [1.82, 2.24) is 25.0 Å². The average Bonchev–Trinajstić information content (AvgIpc) is 3.54. The van der Waals surface area contributed by atoms with Gasteiger partial charge in [0.2, 0.25) is 5.58 Å². The lowest BCUT2D eigenvalue weighted by atomic mass is 9.92. The monoisotopic (exact) mass is 619 g/mol. The maximum absolute atomic E-state index is 12.6. The molecule has 5 heterocycles. The van der Waals surface area contributed by atoms with Crippen molar-refractivity contribution < 1.29 is 14.1 Å². The highest BCUT2D eigenvalue weighted by molar-refractivity contribution is 5.99. The second-order valence-corrected chi connectivity index (χ2v) is 11.6. The summed E-state index contributed by atoms with van der Waals surface area (Å²) in [6.45, 7) is 5.60. The lowest BCUT2D eigenvalue weighted by molar-refractivity contribution is 0.122. The molecule has 2 fully saturated rings. The van der Waals surface area contributed by atoms with Crippen LogP contribution in [0.25, 0.3) is 22.5 Å². The molecule has 2 aliphatic heterocycles. The molecule has 12 heteroatoms. The Morgan fingerprint density at radius 2 is 1.63 bits per heavy atom. The van der Waals surface area contributed by atoms with Crippen LogP contribution in [0.3, 0.4) is 0 Å². The first-order chi connectivity index (χ1) is 22.6. The molecular formula is C34H37N9O3. The van der Waals surface area contributed by atoms with Gasteiger partial charge >= 0.3 is 6.03 Å². The van der Waals surface area contributed by atoms with E-state index in [2.05, 4.69) is 66.2 Å². The number of fused-ring (bicyclic) bond motifs is 1. The summed E-state index contributed by atoms with van der Waals surface area (Å²) >= 11 is 0. The largest absolute Gasteiger partial charge is 0.378 e. The highest BCUT2D eigenvalue weighted by atomic mass is 16.5. The zero-order valence-corrected chi connectivity index (χ0v) is 25.8. The van der Waals surface area contributed by atoms with Crippen molar-refractivity contribution in [2.24, 2.45) is 0 Å². The molecule has 46 heavy (non-hydrogen) atoms. The minimum atomic E-state index is -0.358. The zero-order valence-electron chi connectivity index (χ0n) is 25.8. The number of carbonyl (C=O) groups excluding carboxylic acids is 1. The van der Waals surface area contributed by atoms with E-state index in [1.165, 1.54) is 5.56 Å². The number of aromatic nitrogens is 4. The molecule has 0 aliphatic carbocycles. The summed E-state index contributed by atoms with van der Waals surface area (Å²) in [6, 6.07) is 21.4. The number of hydrogen-bond donors (Lipinski definition) is 3. The number of rotatable bonds is 8. The van der Waals surface area contributed by atoms with E-state index in [0.29, 0.717) is 49.1 Å². The second-order valence-electron chi connectivity index (χ2n) is 11.6. The van der Waals surface area contributed by atoms with Gasteiger partial charge in [0.1, 0.15) is 17.0 Å². The first-order valence-corrected chi connectivity index (χ1v) is 15.7. The van der Waals surface area contributed by atoms with Gasteiger partial charge in [0.25, 0.3) is 0 Å². The Balaban J connectivity index is 1.10. The molecule has 5 aromatic rings. The predicted molar refractivity (Wildman–Crippen MR) is 178 cm³/mol. The van der Waals surface area contributed by atoms with Crippen molar-refractivity contribution in [2.75, 3.05) is 67.3 Å². The normalized spacial score (nSPS) is 16.0. The van der Waals surface area contributed by atoms with E-state index in [1.807, 2.05) is 24.3 Å². The molecule has 0 atom stereocenters. The van der Waals surface area contributed by atoms with Gasteiger partial charge in [-0.25, -0.2) is 19.7 Å². The number of hydrogen-bond acceptors (Lipinski definition) is 10. The van der Waals surface area contributed by atoms with Gasteiger partial charge in [-0.1, -0.05) is 35.5 Å². The number of ether oxygens (including phenoxy) is 1. The summed E-state index contributed by atoms with van der Waals surface area (Å²) in [4.78, 5) is 31.5. The van der Waals surface area contributed by atoms with E-state index < -0.39 is 0 Å². The molecule has 2 amide bonds. The number of carbonyl (C=O) groups is 1. The van der Waals surface area contributed by atoms with Gasteiger partial charge in [-0.15, -0.1) is 0 Å². The SMILES string of the molecule is CNc1ccc(NC(=O)Nc2ccc(-c3nc(N4CCOCC4)c4onc(C5CCN(Cc6ccccc6)CC5)c4n3)cc2)cn1. The molecule has 0 bridgehead atoms. The molecule has 0 radical (unpaired) electrons. The van der Waals surface area contributed by atoms with Crippen molar-refractivity contribution in [3.8, 4) is 11.4 Å². The van der Waals surface area contributed by atoms with Gasteiger partial charge in [-0.05, 0) is 67.9 Å². The van der Waals surface area contributed by atoms with Crippen LogP contribution in [0.5, 0.6) is 0 Å². The summed E-state index contributed by atoms with van der Waals surface area (Å²) in [5, 5.41) is 13.2. The Kier molecular flexibility index (Phi) is 8.70. The van der Waals surface area contributed by atoms with Crippen LogP contribution < -0.4 is 20.9 Å². The lowest BCUT2D eigenvalue weighted by Gasteiger charge is -2.31. The molecule has 0 saturated carbocycles. The smallest absolute Gasteiger partial charge is 0.323 e. The number of pyridine rings is 1. The molecule has 7 rings (SSSR count). The van der Waals surface area contributed by atoms with Gasteiger partial charge < -0.3 is 30.1 Å². The molecule has 2 aliphatic rings. The third kappa shape index (κ3) is 6.63. The van der Waals surface area contributed by atoms with E-state index in [0.717, 1.165) is 60.9 Å². The van der Waals surface area contributed by atoms with E-state index in [1.54, 1.807) is 25.4 Å². The maximum atomic E-state index is 12.6. The fraction of sp³-hybridized carbons (Fsp3) is 0.324. The van der Waals surface area contributed by atoms with Crippen molar-refractivity contribution in [1.29, 1.82) is 0 Å². The van der Waals surface area contributed by atoms with E-state index in [4.69, 9.17) is 19.2 Å². The first kappa shape index (κ1) is 29.6. The Hall–Kier alpha value is -5.07. The number of piperidine rings is 1. The van der Waals surface area contributed by atoms with Crippen molar-refractivity contribution in [3.05, 3.63) is 84.2 Å². The second kappa shape index (κ2) is 13.5. The van der Waals surface area contributed by atoms with Crippen LogP contribution in [-0.2, 0) is 11.3 Å². The van der Waals surface area contributed by atoms with Gasteiger partial charge in [0, 0.05) is 43.9 Å². The maximum Gasteiger partial charge on any atom is 0.323 e. The number of nitrogens with one attached hydrogen (secondary N) is 3. The highest BCUT2D eigenvalue weighted by Gasteiger charge is 2.29. The van der Waals surface area contributed by atoms with Crippen LogP contribution in [0.1, 0.15) is 30.0 Å². The average molecular weight is 620 g/mol. The molecule has 3 N–H and O–H groups in total. The van der Waals surface area contributed by atoms with Gasteiger partial charge in [-0.3, -0.25) is 4.90 Å². The van der Waals surface area contributed by atoms with E-state index in [9.17, 15) is 4.79 Å². The van der Waals surface area contributed by atoms with E-state index >= 15 is 0 Å². The number of anilines is 4. The van der Waals surface area contributed by atoms with Crippen LogP contribution in [0.15, 0.2) is 77.4 Å². The van der Waals surface area contributed by atoms with Crippen LogP contribution in [-0.4, -0.2) is 77.5 Å². The highest BCUT2D eigenvalue weighted by Crippen LogP contribution is 2.36. The topological polar surface area (TPSA) is 134 Å². The number of urea groups is 1. The minimum absolute atomic E-state index is 0.253. The summed E-state index contributed by atoms with van der Waals surface area (Å²) in [7, 11) is 1.79. The summed E-state index contributed by atoms with van der Waals surface area (Å²) in [6.07, 6.45) is 3.57. The molecule has 0 unspecified atom stereocenters. The van der Waals surface area contributed by atoms with E-state index in [-0.39, 0.29) is 11.9 Å². The predicted octanol–water partition coefficient (Wildman–Crippen LogP) is 5.58. The zero-order chi connectivity index (χ0) is 31.3. The number of amides is 2. The number of likely N-dealkylation sites (tertiary alicyclic amines) is 1. The summed E-state index contributed by atoms with van der Waals surface area (Å²) in [5.74, 6) is 2.30. The number of nitrogens with zero attached hydrogens (tertiary/aromatic N) is 6. The first-order valence-electron chi connectivity index (χ1n) is 15.7. The number of benzene rings is 2. The van der Waals surface area contributed by atoms with Crippen molar-refractivity contribution >= 4 is 40.1 Å². The van der Waals surface area contributed by atoms with Crippen molar-refractivity contribution in [3.63, 3.8) is 0 Å². The van der Waals surface area contributed by atoms with Gasteiger partial charge in [0.15, 0.2) is 11.6 Å². The third-order valence-electron chi connectivity index (χ3n) is 8.54. The standard InChI is InChI=1S/C34H37N9O3/c1-35-28-12-11-27(21-36-28)38-34(44)37-26-9-7-25(8-10-26)32-39-30-29(41-46-31(30)33(40-32)43-17-19-45-20-18-43)24-13-15-42(16-14-24)22-23-5-3-2-4-6-23/h2-12,21,24H,13-20,22H2,1H3,(H,35,36)(H2,37,38,44). The van der Waals surface area contributed by atoms with Crippen LogP contribution in [0.2, 0.25) is 0 Å².